The number of carbonyl (C=O) groups excluding carboxylic acids is 2. The summed E-state index contributed by atoms with van der Waals surface area (Å²) in [5.41, 5.74) is -4.18. The molecule has 0 fully saturated rings. The molecule has 0 bridgehead atoms. The maximum atomic E-state index is 15.8. The Hall–Kier alpha value is -6.62. The summed E-state index contributed by atoms with van der Waals surface area (Å²) in [6, 6.07) is 13.5. The number of carbonyl (C=O) groups is 2. The second-order valence-electron chi connectivity index (χ2n) is 19.1. The van der Waals surface area contributed by atoms with Crippen molar-refractivity contribution in [2.45, 2.75) is 137 Å². The lowest BCUT2D eigenvalue weighted by Gasteiger charge is -2.31. The summed E-state index contributed by atoms with van der Waals surface area (Å²) < 4.78 is 143. The summed E-state index contributed by atoms with van der Waals surface area (Å²) in [5, 5.41) is 0. The minimum atomic E-state index is -1.99. The van der Waals surface area contributed by atoms with Crippen LogP contribution in [0.4, 0.5) is 35.1 Å². The fourth-order valence-corrected chi connectivity index (χ4v) is 7.43. The predicted molar refractivity (Wildman–Crippen MR) is 271 cm³/mol. The van der Waals surface area contributed by atoms with Crippen LogP contribution in [0.1, 0.15) is 129 Å². The molecule has 4 atom stereocenters. The number of esters is 2. The van der Waals surface area contributed by atoms with Gasteiger partial charge in [-0.15, -0.1) is 12.8 Å². The molecule has 4 rings (SSSR count). The summed E-state index contributed by atoms with van der Waals surface area (Å²) in [5.74, 6) is -15.4. The molecule has 0 saturated carbocycles. The van der Waals surface area contributed by atoms with Crippen LogP contribution in [0.15, 0.2) is 132 Å². The van der Waals surface area contributed by atoms with Gasteiger partial charge in [-0.05, 0) is 115 Å². The molecule has 0 aliphatic heterocycles. The van der Waals surface area contributed by atoms with Crippen LogP contribution in [-0.4, -0.2) is 36.9 Å². The first-order chi connectivity index (χ1) is 34.3. The van der Waals surface area contributed by atoms with Crippen LogP contribution in [-0.2, 0) is 30.5 Å². The predicted octanol–water partition coefficient (Wildman–Crippen LogP) is 16.0. The van der Waals surface area contributed by atoms with Crippen LogP contribution in [0, 0.1) is 42.0 Å². The van der Waals surface area contributed by atoms with Crippen LogP contribution in [0.2, 0.25) is 0 Å². The van der Waals surface area contributed by atoms with Crippen LogP contribution >= 0.6 is 0 Å². The molecule has 1 aliphatic rings. The second kappa shape index (κ2) is 26.4. The number of rotatable bonds is 21. The van der Waals surface area contributed by atoms with Crippen molar-refractivity contribution >= 4 is 11.9 Å². The number of alkyl halides is 1. The number of ether oxygens (including phenoxy) is 4. The Balaban J connectivity index is 0.00000694. The summed E-state index contributed by atoms with van der Waals surface area (Å²) >= 11 is 0. The first-order valence-corrected chi connectivity index (χ1v) is 23.9. The van der Waals surface area contributed by atoms with E-state index in [1.165, 1.54) is 56.3 Å². The highest BCUT2D eigenvalue weighted by atomic mass is 19.2. The van der Waals surface area contributed by atoms with Crippen molar-refractivity contribution in [2.75, 3.05) is 6.67 Å². The average Bonchev–Trinajstić information content (AvgIpc) is 3.61. The fraction of sp³-hybridized carbons (Fsp3) is 0.390. The van der Waals surface area contributed by atoms with Gasteiger partial charge in [0.15, 0.2) is 41.0 Å². The molecular weight excluding hydrogens is 957 g/mol. The summed E-state index contributed by atoms with van der Waals surface area (Å²) in [4.78, 5) is 26.2. The molecule has 0 heterocycles. The van der Waals surface area contributed by atoms with E-state index in [-0.39, 0.29) is 35.4 Å². The van der Waals surface area contributed by atoms with E-state index in [4.69, 9.17) is 18.9 Å². The maximum Gasteiger partial charge on any atom is 0.349 e. The third-order valence-electron chi connectivity index (χ3n) is 13.1. The van der Waals surface area contributed by atoms with E-state index in [1.807, 2.05) is 58.0 Å². The number of hydrogen-bond donors (Lipinski definition) is 0. The topological polar surface area (TPSA) is 71.1 Å². The van der Waals surface area contributed by atoms with Gasteiger partial charge in [0.1, 0.15) is 47.0 Å². The lowest BCUT2D eigenvalue weighted by atomic mass is 9.74. The van der Waals surface area contributed by atoms with E-state index in [9.17, 15) is 18.4 Å². The van der Waals surface area contributed by atoms with Crippen LogP contribution in [0.25, 0.3) is 0 Å². The van der Waals surface area contributed by atoms with Crippen molar-refractivity contribution in [2.24, 2.45) is 5.92 Å². The Morgan fingerprint density at radius 3 is 1.88 bits per heavy atom. The minimum Gasteiger partial charge on any atom is -0.491 e. The zero-order valence-corrected chi connectivity index (χ0v) is 43.5. The van der Waals surface area contributed by atoms with Crippen LogP contribution < -0.4 is 9.47 Å². The maximum absolute atomic E-state index is 15.8. The number of allylic oxidation sites excluding steroid dienone is 8. The molecule has 0 aromatic heterocycles. The van der Waals surface area contributed by atoms with Gasteiger partial charge in [-0.1, -0.05) is 118 Å². The van der Waals surface area contributed by atoms with E-state index in [2.05, 4.69) is 26.7 Å². The van der Waals surface area contributed by atoms with Gasteiger partial charge in [0.05, 0.1) is 6.10 Å². The van der Waals surface area contributed by atoms with Gasteiger partial charge in [-0.2, -0.15) is 0 Å². The van der Waals surface area contributed by atoms with Crippen molar-refractivity contribution in [1.82, 2.24) is 0 Å². The van der Waals surface area contributed by atoms with Crippen molar-refractivity contribution in [3.05, 3.63) is 177 Å². The van der Waals surface area contributed by atoms with Gasteiger partial charge in [0.2, 0.25) is 0 Å². The van der Waals surface area contributed by atoms with Crippen LogP contribution in [0.3, 0.4) is 0 Å². The molecule has 0 N–H and O–H groups in total. The molecule has 394 valence electrons. The Bertz CT molecular complexity index is 2640. The highest BCUT2D eigenvalue weighted by molar-refractivity contribution is 5.94. The average molecular weight is 1020 g/mol. The highest BCUT2D eigenvalue weighted by Gasteiger charge is 2.37. The van der Waals surface area contributed by atoms with E-state index in [1.54, 1.807) is 45.1 Å². The smallest absolute Gasteiger partial charge is 0.349 e. The number of benzene rings is 3. The van der Waals surface area contributed by atoms with E-state index < -0.39 is 99.1 Å². The minimum absolute atomic E-state index is 0.0735. The Morgan fingerprint density at radius 2 is 1.34 bits per heavy atom. The highest BCUT2D eigenvalue weighted by Crippen LogP contribution is 2.38. The summed E-state index contributed by atoms with van der Waals surface area (Å²) in [6.07, 6.45) is 19.2. The van der Waals surface area contributed by atoms with Gasteiger partial charge in [0.25, 0.3) is 0 Å². The van der Waals surface area contributed by atoms with Gasteiger partial charge < -0.3 is 18.9 Å². The lowest BCUT2D eigenvalue weighted by Crippen LogP contribution is -2.25. The normalized spacial score (nSPS) is 16.2. The van der Waals surface area contributed by atoms with E-state index >= 15 is 26.3 Å². The number of terminal acetylenes is 1. The molecule has 3 aromatic carbocycles. The van der Waals surface area contributed by atoms with Crippen molar-refractivity contribution < 1.29 is 63.7 Å². The molecule has 3 aromatic rings. The largest absolute Gasteiger partial charge is 0.491 e. The fourth-order valence-electron chi connectivity index (χ4n) is 7.43. The van der Waals surface area contributed by atoms with Crippen LogP contribution in [0.5, 0.6) is 11.5 Å². The monoisotopic (exact) mass is 1020 g/mol. The second-order valence-corrected chi connectivity index (χ2v) is 19.1. The van der Waals surface area contributed by atoms with Gasteiger partial charge in [0, 0.05) is 11.0 Å². The first-order valence-electron chi connectivity index (χ1n) is 23.9. The third-order valence-corrected chi connectivity index (χ3v) is 13.1. The molecular formula is C59H66F8O6. The first kappa shape index (κ1) is 60.7. The lowest BCUT2D eigenvalue weighted by molar-refractivity contribution is -0.140. The SMILES string of the molecule is C#C.CC/C=C(\C=C/C(C)C(C)(C)c1ccc(OC(C)CC)cc1)OC(C)/C(F)=C(F)\C(C(=O)OC1C=CC=C(C(C)(C)c2ccc(OC(=O)c3c(F)c(F)c(C(C)(C)CC)c(F)c3F)cc2)C=C1)=C(\F)CF. The zero-order chi connectivity index (χ0) is 55.2. The van der Waals surface area contributed by atoms with Gasteiger partial charge in [-0.25, -0.2) is 44.7 Å². The van der Waals surface area contributed by atoms with E-state index in [0.717, 1.165) is 24.7 Å². The number of hydrogen-bond acceptors (Lipinski definition) is 6. The molecule has 0 saturated heterocycles. The molecule has 0 radical (unpaired) electrons. The van der Waals surface area contributed by atoms with Crippen molar-refractivity contribution in [1.29, 1.82) is 0 Å². The summed E-state index contributed by atoms with van der Waals surface area (Å²) in [6.45, 7) is 19.2. The van der Waals surface area contributed by atoms with Crippen molar-refractivity contribution in [3.8, 4) is 24.3 Å². The molecule has 73 heavy (non-hydrogen) atoms. The Labute approximate surface area is 425 Å². The third kappa shape index (κ3) is 14.8. The molecule has 4 unspecified atom stereocenters. The Kier molecular flexibility index (Phi) is 21.9. The van der Waals surface area contributed by atoms with Gasteiger partial charge >= 0.3 is 11.9 Å². The molecule has 0 amide bonds. The molecule has 0 spiro atoms. The van der Waals surface area contributed by atoms with Gasteiger partial charge in [-0.3, -0.25) is 0 Å². The number of halogens is 8. The Morgan fingerprint density at radius 1 is 0.781 bits per heavy atom. The standard InChI is InChI=1S/C57H64F8O6.C2H2/c1-13-17-39(26-20-33(4)56(9,10)37-22-28-41(29-23-37)68-34(5)14-2)69-35(6)47(60)48(61)44(43(59)32-58)53(66)70-40-19-16-18-36(21-27-40)57(11,12)38-24-30-42(31-25-38)71-54(67)45-49(62)51(64)46(52(65)50(45)63)55(7,8)15-3;1-2/h16-31,33-35,40H,13-15,32H2,1-12H3;1-2H/b26-20-,39-17+,44-43-,48-47-;. The zero-order valence-electron chi connectivity index (χ0n) is 43.5. The summed E-state index contributed by atoms with van der Waals surface area (Å²) in [7, 11) is 0. The molecule has 1 aliphatic carbocycles. The molecule has 6 nitrogen and oxygen atoms in total. The quantitative estimate of drug-likeness (QED) is 0.0155. The molecule has 14 heteroatoms. The van der Waals surface area contributed by atoms with E-state index in [0.29, 0.717) is 17.6 Å². The van der Waals surface area contributed by atoms with Crippen molar-refractivity contribution in [3.63, 3.8) is 0 Å².